The van der Waals surface area contributed by atoms with Crippen LogP contribution < -0.4 is 0 Å². The van der Waals surface area contributed by atoms with Crippen LogP contribution in [0.25, 0.3) is 0 Å². The van der Waals surface area contributed by atoms with E-state index in [-0.39, 0.29) is 0 Å². The quantitative estimate of drug-likeness (QED) is 0.0308. The third kappa shape index (κ3) is 33.2. The van der Waals surface area contributed by atoms with Gasteiger partial charge in [0.1, 0.15) is 0 Å². The highest BCUT2D eigenvalue weighted by molar-refractivity contribution is 8.43. The zero-order valence-electron chi connectivity index (χ0n) is 64.9. The Hall–Kier alpha value is 1.68. The van der Waals surface area contributed by atoms with E-state index in [2.05, 4.69) is 140 Å². The molecule has 0 N–H and O–H groups in total. The third-order valence-electron chi connectivity index (χ3n) is 16.5. The maximum absolute atomic E-state index is 5.84. The van der Waals surface area contributed by atoms with Gasteiger partial charge in [0.2, 0.25) is 0 Å². The second kappa shape index (κ2) is 57.0. The summed E-state index contributed by atoms with van der Waals surface area (Å²) in [6.07, 6.45) is 0. The van der Waals surface area contributed by atoms with Crippen LogP contribution in [0, 0.1) is 0 Å². The molecular weight excluding hydrogens is 1930 g/mol. The Labute approximate surface area is 793 Å². The molecule has 0 spiro atoms. The molecule has 12 nitrogen and oxygen atoms in total. The minimum absolute atomic E-state index is 0.588. The van der Waals surface area contributed by atoms with Crippen LogP contribution in [0.4, 0.5) is 0 Å². The van der Waals surface area contributed by atoms with Crippen LogP contribution in [0.1, 0.15) is 44.5 Å². The molecule has 0 fully saturated rings. The van der Waals surface area contributed by atoms with Crippen molar-refractivity contribution >= 4 is 282 Å². The second-order valence-corrected chi connectivity index (χ2v) is 52.7. The summed E-state index contributed by atoms with van der Waals surface area (Å²) in [6, 6.07) is 38.4. The molecule has 8 aliphatic rings. The first kappa shape index (κ1) is 97.7. The Kier molecular flexibility index (Phi) is 47.6. The zero-order valence-corrected chi connectivity index (χ0v) is 84.4. The van der Waals surface area contributed by atoms with Gasteiger partial charge in [-0.15, -0.1) is 94.1 Å². The first-order chi connectivity index (χ1) is 57.8. The Morgan fingerprint density at radius 2 is 0.368 bits per heavy atom. The predicted molar refractivity (Wildman–Crippen MR) is 548 cm³/mol. The number of ether oxygens (including phenoxy) is 12. The summed E-state index contributed by atoms with van der Waals surface area (Å²) >= 11 is 45.2. The highest BCUT2D eigenvalue weighted by Crippen LogP contribution is 2.64. The molecule has 0 amide bonds. The Balaban J connectivity index is 0.728. The normalized spacial score (nSPS) is 19.5. The van der Waals surface area contributed by atoms with Gasteiger partial charge < -0.3 is 56.8 Å². The molecule has 0 aromatic heterocycles. The van der Waals surface area contributed by atoms with Crippen LogP contribution in [-0.2, 0) is 85.3 Å². The highest BCUT2D eigenvalue weighted by Gasteiger charge is 2.39. The maximum atomic E-state index is 5.84. The molecule has 117 heavy (non-hydrogen) atoms. The lowest BCUT2D eigenvalue weighted by atomic mass is 9.65. The fourth-order valence-corrected chi connectivity index (χ4v) is 41.0. The van der Waals surface area contributed by atoms with Crippen molar-refractivity contribution in [1.29, 1.82) is 0 Å². The number of thioether (sulfide) groups is 24. The maximum Gasteiger partial charge on any atom is 0.0706 e. The summed E-state index contributed by atoms with van der Waals surface area (Å²) in [5.74, 6) is 7.14. The van der Waals surface area contributed by atoms with Gasteiger partial charge in [-0.3, -0.25) is 0 Å². The summed E-state index contributed by atoms with van der Waals surface area (Å²) in [4.78, 5) is 0. The summed E-state index contributed by atoms with van der Waals surface area (Å²) < 4.78 is 87.4. The van der Waals surface area contributed by atoms with Crippen LogP contribution in [0.2, 0.25) is 0 Å². The van der Waals surface area contributed by atoms with Crippen molar-refractivity contribution in [2.75, 3.05) is 184 Å². The average Bonchev–Trinajstić information content (AvgIpc) is 1.13. The van der Waals surface area contributed by atoms with E-state index in [0.717, 1.165) is 46.0 Å². The van der Waals surface area contributed by atoms with Gasteiger partial charge in [0.15, 0.2) is 0 Å². The van der Waals surface area contributed by atoms with Gasteiger partial charge in [0, 0.05) is 74.5 Å². The smallest absolute Gasteiger partial charge is 0.0706 e. The van der Waals surface area contributed by atoms with Gasteiger partial charge in [0.25, 0.3) is 0 Å². The lowest BCUT2D eigenvalue weighted by molar-refractivity contribution is 0.0286. The molecule has 4 aromatic carbocycles. The topological polar surface area (TPSA) is 111 Å². The van der Waals surface area contributed by atoms with E-state index in [1.165, 1.54) is 112 Å². The van der Waals surface area contributed by atoms with Crippen LogP contribution in [0.5, 0.6) is 0 Å². The molecule has 632 valence electrons. The van der Waals surface area contributed by atoms with Crippen molar-refractivity contribution in [3.05, 3.63) is 253 Å². The van der Waals surface area contributed by atoms with E-state index < -0.39 is 5.41 Å². The largest absolute Gasteiger partial charge is 0.382 e. The summed E-state index contributed by atoms with van der Waals surface area (Å²) in [5.41, 5.74) is 9.46. The number of rotatable bonds is 56. The van der Waals surface area contributed by atoms with Crippen molar-refractivity contribution in [1.82, 2.24) is 0 Å². The van der Waals surface area contributed by atoms with Gasteiger partial charge in [-0.1, -0.05) is 285 Å². The number of methoxy groups -OCH3 is 4. The van der Waals surface area contributed by atoms with E-state index in [1.807, 2.05) is 282 Å². The highest BCUT2D eigenvalue weighted by atomic mass is 32.3. The minimum atomic E-state index is -0.662. The van der Waals surface area contributed by atoms with Crippen LogP contribution in [0.3, 0.4) is 0 Å². The fraction of sp³-hybridized carbons (Fsp3) is 0.407. The van der Waals surface area contributed by atoms with Gasteiger partial charge in [-0.05, 0) is 87.8 Å². The molecule has 12 rings (SSSR count). The van der Waals surface area contributed by atoms with Crippen molar-refractivity contribution in [2.45, 2.75) is 28.4 Å². The molecule has 0 atom stereocenters. The van der Waals surface area contributed by atoms with E-state index in [4.69, 9.17) is 56.8 Å². The SMILES string of the molecule is COCCOCCOCCSC1=CS/C(=C2\SC=C(SCc3ccc(C(c4ccc(CSC5=CS/C(=C6\SC=C(SCCOCCOCCOC)S6)S5)cc4)(c4ccc(CSC5=CS/C(=C6\SC=C(SCCOCCOCCOC)S6)S5)cc4)c4ccc(CSC5=CS/C(=C6\SC=C(SCCOCCOCCOC)S6)S5)cc4)cc3)S2)S1. The fourth-order valence-electron chi connectivity index (χ4n) is 10.8. The van der Waals surface area contributed by atoms with E-state index in [9.17, 15) is 0 Å². The van der Waals surface area contributed by atoms with E-state index in [1.54, 1.807) is 28.4 Å². The van der Waals surface area contributed by atoms with Crippen molar-refractivity contribution < 1.29 is 56.8 Å². The van der Waals surface area contributed by atoms with Crippen LogP contribution >= 0.6 is 282 Å². The Morgan fingerprint density at radius 3 is 0.547 bits per heavy atom. The molecule has 0 aliphatic carbocycles. The van der Waals surface area contributed by atoms with Crippen molar-refractivity contribution in [3.8, 4) is 0 Å². The molecular formula is C81H92O12S24. The summed E-state index contributed by atoms with van der Waals surface area (Å²) in [7, 11) is 6.75. The van der Waals surface area contributed by atoms with E-state index >= 15 is 0 Å². The van der Waals surface area contributed by atoms with Gasteiger partial charge in [-0.2, -0.15) is 0 Å². The third-order valence-corrected chi connectivity index (χ3v) is 48.5. The van der Waals surface area contributed by atoms with Crippen LogP contribution in [0.15, 0.2) is 208 Å². The molecule has 0 bridgehead atoms. The molecule has 8 aliphatic heterocycles. The Bertz CT molecular complexity index is 3660. The standard InChI is InChI=1S/C81H92O12S24/c1-82-21-25-86-29-33-90-37-41-94-65-49-102-73(110-65)77-106-53-69(114-77)98-45-57-5-13-61(14-6-57)81(62-15-7-58(8-16-62)46-99-70-54-107-78(115-70)74-103-50-66(111-74)95-42-38-91-34-30-87-26-22-83-2,63-17-9-59(10-18-63)47-100-71-55-108-79(116-71)75-104-51-67(112-75)96-43-39-92-35-31-88-27-23-84-3)64-19-11-60(12-20-64)48-101-72-56-109-80(117-72)76-105-52-68(113-76)97-44-40-93-36-32-89-28-24-85-4/h5-20,49-56H,21-48H2,1-4H3/b77-73-,78-74-,79-75-,80-76-. The number of hydrogen-bond donors (Lipinski definition) is 0. The molecule has 4 aromatic rings. The molecule has 8 heterocycles. The lowest BCUT2D eigenvalue weighted by Gasteiger charge is -2.37. The van der Waals surface area contributed by atoms with Crippen molar-refractivity contribution in [2.24, 2.45) is 0 Å². The Morgan fingerprint density at radius 1 is 0.205 bits per heavy atom. The van der Waals surface area contributed by atoms with Gasteiger partial charge in [-0.25, -0.2) is 0 Å². The molecule has 0 unspecified atom stereocenters. The second-order valence-electron chi connectivity index (χ2n) is 24.5. The van der Waals surface area contributed by atoms with E-state index in [0.29, 0.717) is 132 Å². The zero-order chi connectivity index (χ0) is 80.6. The van der Waals surface area contributed by atoms with Gasteiger partial charge >= 0.3 is 0 Å². The lowest BCUT2D eigenvalue weighted by Crippen LogP contribution is -2.31. The average molecular weight is 2030 g/mol. The first-order valence-corrected chi connectivity index (χ1v) is 58.6. The number of benzene rings is 4. The predicted octanol–water partition coefficient (Wildman–Crippen LogP) is 27.4. The van der Waals surface area contributed by atoms with Crippen LogP contribution in [-0.4, -0.2) is 184 Å². The van der Waals surface area contributed by atoms with Crippen molar-refractivity contribution in [3.63, 3.8) is 0 Å². The molecule has 0 radical (unpaired) electrons. The molecule has 0 saturated heterocycles. The minimum Gasteiger partial charge on any atom is -0.382 e. The monoisotopic (exact) mass is 2020 g/mol. The first-order valence-electron chi connectivity index (χ1n) is 37.1. The van der Waals surface area contributed by atoms with Gasteiger partial charge in [0.05, 0.1) is 205 Å². The molecule has 0 saturated carbocycles. The summed E-state index contributed by atoms with van der Waals surface area (Å²) in [6.45, 7) is 12.3. The molecule has 36 heteroatoms. The summed E-state index contributed by atoms with van der Waals surface area (Å²) in [5, 5.41) is 18.6. The number of hydrogen-bond acceptors (Lipinski definition) is 36.